The maximum atomic E-state index is 9.73. The van der Waals surface area contributed by atoms with E-state index < -0.39 is 0 Å². The largest absolute Gasteiger partial charge is 0.508 e. The highest BCUT2D eigenvalue weighted by Gasteiger charge is 2.33. The minimum atomic E-state index is -0.221. The summed E-state index contributed by atoms with van der Waals surface area (Å²) in [5.41, 5.74) is 3.62. The molecule has 0 radical (unpaired) electrons. The number of hydrogen-bond acceptors (Lipinski definition) is 5. The number of aromatic nitrogens is 4. The van der Waals surface area contributed by atoms with Crippen LogP contribution in [0.2, 0.25) is 0 Å². The molecule has 2 aromatic carbocycles. The van der Waals surface area contributed by atoms with Crippen LogP contribution < -0.4 is 0 Å². The summed E-state index contributed by atoms with van der Waals surface area (Å²) < 4.78 is 1.91. The number of phenolic OH excluding ortho intramolecular Hbond substituents is 1. The molecule has 27 heavy (non-hydrogen) atoms. The first-order valence-electron chi connectivity index (χ1n) is 9.32. The van der Waals surface area contributed by atoms with Crippen LogP contribution >= 0.6 is 0 Å². The molecule has 0 saturated carbocycles. The smallest absolute Gasteiger partial charge is 0.173 e. The molecule has 1 unspecified atom stereocenters. The van der Waals surface area contributed by atoms with Gasteiger partial charge < -0.3 is 5.11 Å². The molecule has 1 aliphatic rings. The first kappa shape index (κ1) is 17.7. The van der Waals surface area contributed by atoms with E-state index >= 15 is 0 Å². The van der Waals surface area contributed by atoms with Crippen LogP contribution in [0.3, 0.4) is 0 Å². The number of hydrogen-bond donors (Lipinski definition) is 1. The van der Waals surface area contributed by atoms with Crippen molar-refractivity contribution in [3.63, 3.8) is 0 Å². The minimum Gasteiger partial charge on any atom is -0.508 e. The van der Waals surface area contributed by atoms with Gasteiger partial charge in [-0.25, -0.2) is 4.68 Å². The zero-order chi connectivity index (χ0) is 19.0. The lowest BCUT2D eigenvalue weighted by Crippen LogP contribution is -2.38. The third-order valence-corrected chi connectivity index (χ3v) is 5.11. The zero-order valence-corrected chi connectivity index (χ0v) is 16.0. The van der Waals surface area contributed by atoms with Crippen molar-refractivity contribution in [1.29, 1.82) is 0 Å². The number of fused-ring (bicyclic) bond motifs is 1. The van der Waals surface area contributed by atoms with E-state index in [0.29, 0.717) is 0 Å². The molecule has 140 valence electrons. The van der Waals surface area contributed by atoms with Crippen molar-refractivity contribution in [2.75, 3.05) is 6.54 Å². The van der Waals surface area contributed by atoms with Gasteiger partial charge in [-0.3, -0.25) is 4.90 Å². The Balaban J connectivity index is 1.78. The summed E-state index contributed by atoms with van der Waals surface area (Å²) in [6.07, 6.45) is 1.00. The Morgan fingerprint density at radius 3 is 2.41 bits per heavy atom. The Morgan fingerprint density at radius 2 is 1.70 bits per heavy atom. The molecule has 2 heterocycles. The molecule has 0 bridgehead atoms. The maximum absolute atomic E-state index is 9.73. The predicted octanol–water partition coefficient (Wildman–Crippen LogP) is 3.28. The van der Waals surface area contributed by atoms with Gasteiger partial charge in [-0.05, 0) is 66.4 Å². The van der Waals surface area contributed by atoms with Crippen molar-refractivity contribution in [3.8, 4) is 5.75 Å². The zero-order valence-electron chi connectivity index (χ0n) is 16.0. The highest BCUT2D eigenvalue weighted by atomic mass is 16.3. The Hall–Kier alpha value is -2.73. The first-order valence-corrected chi connectivity index (χ1v) is 9.32. The Kier molecular flexibility index (Phi) is 4.44. The van der Waals surface area contributed by atoms with E-state index in [9.17, 15) is 5.11 Å². The van der Waals surface area contributed by atoms with E-state index in [-0.39, 0.29) is 17.3 Å². The maximum Gasteiger partial charge on any atom is 0.173 e. The standard InChI is InChI=1S/C21H25N5O/c1-21(2,3)26-20(22-23-24-26)19(16-8-10-18(27)11-9-16)25-13-12-15-6-4-5-7-17(15)14-25/h4-11,19,27H,12-14H2,1-3H3. The topological polar surface area (TPSA) is 67.1 Å². The van der Waals surface area contributed by atoms with Crippen molar-refractivity contribution in [2.45, 2.75) is 45.3 Å². The average molecular weight is 363 g/mol. The number of aromatic hydroxyl groups is 1. The number of nitrogens with zero attached hydrogens (tertiary/aromatic N) is 5. The Bertz CT molecular complexity index is 926. The Labute approximate surface area is 159 Å². The second-order valence-electron chi connectivity index (χ2n) is 8.10. The summed E-state index contributed by atoms with van der Waals surface area (Å²) in [5.74, 6) is 1.09. The minimum absolute atomic E-state index is 0.0758. The highest BCUT2D eigenvalue weighted by molar-refractivity contribution is 5.34. The molecular formula is C21H25N5O. The Morgan fingerprint density at radius 1 is 1.00 bits per heavy atom. The van der Waals surface area contributed by atoms with Crippen molar-refractivity contribution in [3.05, 3.63) is 71.0 Å². The fourth-order valence-corrected chi connectivity index (χ4v) is 3.76. The molecule has 6 heteroatoms. The predicted molar refractivity (Wildman–Crippen MR) is 103 cm³/mol. The third kappa shape index (κ3) is 3.45. The molecular weight excluding hydrogens is 338 g/mol. The summed E-state index contributed by atoms with van der Waals surface area (Å²) in [6, 6.07) is 15.9. The molecule has 1 aromatic heterocycles. The van der Waals surface area contributed by atoms with Crippen LogP contribution in [0.4, 0.5) is 0 Å². The highest BCUT2D eigenvalue weighted by Crippen LogP contribution is 2.34. The molecule has 0 fully saturated rings. The van der Waals surface area contributed by atoms with Crippen LogP contribution in [-0.2, 0) is 18.5 Å². The summed E-state index contributed by atoms with van der Waals surface area (Å²) in [6.45, 7) is 8.09. The summed E-state index contributed by atoms with van der Waals surface area (Å²) in [7, 11) is 0. The molecule has 0 aliphatic carbocycles. The summed E-state index contributed by atoms with van der Waals surface area (Å²) in [5, 5.41) is 22.4. The quantitative estimate of drug-likeness (QED) is 0.773. The van der Waals surface area contributed by atoms with Gasteiger partial charge in [0, 0.05) is 13.1 Å². The molecule has 1 N–H and O–H groups in total. The summed E-state index contributed by atoms with van der Waals surface area (Å²) >= 11 is 0. The lowest BCUT2D eigenvalue weighted by atomic mass is 9.95. The third-order valence-electron chi connectivity index (χ3n) is 5.11. The van der Waals surface area contributed by atoms with Crippen molar-refractivity contribution in [1.82, 2.24) is 25.1 Å². The van der Waals surface area contributed by atoms with Gasteiger partial charge in [0.25, 0.3) is 0 Å². The van der Waals surface area contributed by atoms with Crippen molar-refractivity contribution < 1.29 is 5.11 Å². The molecule has 1 atom stereocenters. The van der Waals surface area contributed by atoms with Crippen LogP contribution in [0.5, 0.6) is 5.75 Å². The lowest BCUT2D eigenvalue weighted by Gasteiger charge is -2.36. The second kappa shape index (κ2) is 6.78. The molecule has 1 aliphatic heterocycles. The fourth-order valence-electron chi connectivity index (χ4n) is 3.76. The second-order valence-corrected chi connectivity index (χ2v) is 8.10. The van der Waals surface area contributed by atoms with Crippen LogP contribution in [0.1, 0.15) is 49.3 Å². The van der Waals surface area contributed by atoms with Crippen LogP contribution in [0, 0.1) is 0 Å². The molecule has 4 rings (SSSR count). The van der Waals surface area contributed by atoms with E-state index in [4.69, 9.17) is 0 Å². The fraction of sp³-hybridized carbons (Fsp3) is 0.381. The van der Waals surface area contributed by atoms with E-state index in [0.717, 1.165) is 30.9 Å². The normalized spacial score (nSPS) is 16.1. The van der Waals surface area contributed by atoms with Gasteiger partial charge in [-0.2, -0.15) is 0 Å². The van der Waals surface area contributed by atoms with Gasteiger partial charge in [-0.15, -0.1) is 5.10 Å². The monoisotopic (exact) mass is 363 g/mol. The van der Waals surface area contributed by atoms with E-state index in [1.165, 1.54) is 11.1 Å². The number of tetrazole rings is 1. The van der Waals surface area contributed by atoms with Crippen molar-refractivity contribution >= 4 is 0 Å². The number of phenols is 1. The first-order chi connectivity index (χ1) is 12.9. The van der Waals surface area contributed by atoms with Crippen molar-refractivity contribution in [2.24, 2.45) is 0 Å². The van der Waals surface area contributed by atoms with E-state index in [1.54, 1.807) is 12.1 Å². The molecule has 0 saturated heterocycles. The van der Waals surface area contributed by atoms with Gasteiger partial charge in [0.2, 0.25) is 0 Å². The van der Waals surface area contributed by atoms with Gasteiger partial charge in [0.05, 0.1) is 11.6 Å². The van der Waals surface area contributed by atoms with Gasteiger partial charge in [0.1, 0.15) is 5.75 Å². The van der Waals surface area contributed by atoms with Crippen LogP contribution in [0.25, 0.3) is 0 Å². The van der Waals surface area contributed by atoms with Crippen LogP contribution in [-0.4, -0.2) is 36.8 Å². The SMILES string of the molecule is CC(C)(C)n1nnnc1C(c1ccc(O)cc1)N1CCc2ccccc2C1. The van der Waals surface area contributed by atoms with Gasteiger partial charge >= 0.3 is 0 Å². The van der Waals surface area contributed by atoms with E-state index in [1.807, 2.05) is 16.8 Å². The summed E-state index contributed by atoms with van der Waals surface area (Å²) in [4.78, 5) is 2.42. The average Bonchev–Trinajstić information content (AvgIpc) is 3.13. The van der Waals surface area contributed by atoms with Gasteiger partial charge in [0.15, 0.2) is 5.82 Å². The van der Waals surface area contributed by atoms with Crippen LogP contribution in [0.15, 0.2) is 48.5 Å². The molecule has 0 amide bonds. The number of benzene rings is 2. The molecule has 0 spiro atoms. The molecule has 6 nitrogen and oxygen atoms in total. The van der Waals surface area contributed by atoms with Gasteiger partial charge in [-0.1, -0.05) is 36.4 Å². The lowest BCUT2D eigenvalue weighted by molar-refractivity contribution is 0.185. The number of rotatable bonds is 3. The molecule has 3 aromatic rings. The van der Waals surface area contributed by atoms with E-state index in [2.05, 4.69) is 65.5 Å².